The van der Waals surface area contributed by atoms with Crippen molar-refractivity contribution >= 4 is 5.96 Å². The average Bonchev–Trinajstić information content (AvgIpc) is 3.08. The Kier molecular flexibility index (Phi) is 6.06. The van der Waals surface area contributed by atoms with Gasteiger partial charge in [0.05, 0.1) is 25.9 Å². The van der Waals surface area contributed by atoms with Crippen LogP contribution >= 0.6 is 0 Å². The van der Waals surface area contributed by atoms with Crippen LogP contribution in [0, 0.1) is 5.82 Å². The second-order valence-electron chi connectivity index (χ2n) is 6.03. The van der Waals surface area contributed by atoms with Gasteiger partial charge >= 0.3 is 0 Å². The van der Waals surface area contributed by atoms with E-state index in [1.165, 1.54) is 12.1 Å². The molecule has 0 amide bonds. The van der Waals surface area contributed by atoms with E-state index < -0.39 is 0 Å². The first-order valence-electron chi connectivity index (χ1n) is 8.60. The van der Waals surface area contributed by atoms with Gasteiger partial charge in [-0.3, -0.25) is 9.67 Å². The molecule has 1 aliphatic rings. The zero-order valence-electron chi connectivity index (χ0n) is 15.1. The first kappa shape index (κ1) is 18.2. The van der Waals surface area contributed by atoms with Crippen LogP contribution in [0.1, 0.15) is 11.7 Å². The molecule has 1 aromatic heterocycles. The van der Waals surface area contributed by atoms with E-state index in [1.54, 1.807) is 23.9 Å². The Labute approximate surface area is 152 Å². The molecule has 2 heterocycles. The molecule has 0 saturated carbocycles. The lowest BCUT2D eigenvalue weighted by Gasteiger charge is -2.34. The van der Waals surface area contributed by atoms with Gasteiger partial charge in [-0.2, -0.15) is 5.10 Å². The lowest BCUT2D eigenvalue weighted by Crippen LogP contribution is -2.48. The van der Waals surface area contributed by atoms with Crippen LogP contribution in [0.3, 0.4) is 0 Å². The van der Waals surface area contributed by atoms with E-state index in [0.29, 0.717) is 32.1 Å². The molecule has 0 spiro atoms. The summed E-state index contributed by atoms with van der Waals surface area (Å²) in [5, 5.41) is 7.49. The van der Waals surface area contributed by atoms with Gasteiger partial charge in [0.2, 0.25) is 0 Å². The van der Waals surface area contributed by atoms with Crippen LogP contribution in [0.2, 0.25) is 0 Å². The molecule has 1 aromatic carbocycles. The number of aromatic nitrogens is 2. The Morgan fingerprint density at radius 3 is 3.12 bits per heavy atom. The largest absolute Gasteiger partial charge is 0.492 e. The third-order valence-corrected chi connectivity index (χ3v) is 4.12. The molecule has 7 nitrogen and oxygen atoms in total. The third-order valence-electron chi connectivity index (χ3n) is 4.12. The molecule has 0 radical (unpaired) electrons. The monoisotopic (exact) mass is 361 g/mol. The summed E-state index contributed by atoms with van der Waals surface area (Å²) in [6.45, 7) is 3.08. The number of guanidine groups is 1. The number of halogens is 1. The van der Waals surface area contributed by atoms with E-state index in [0.717, 1.165) is 18.1 Å². The number of morpholine rings is 1. The van der Waals surface area contributed by atoms with Gasteiger partial charge in [-0.1, -0.05) is 6.07 Å². The predicted molar refractivity (Wildman–Crippen MR) is 96.7 cm³/mol. The standard InChI is InChI=1S/C18H24FN5O2/c1-20-18(21-6-8-25-16-5-3-4-15(19)10-16)24-7-9-26-17(13-24)14-11-22-23(2)12-14/h3-5,10-12,17H,6-9,13H2,1-2H3,(H,20,21). The van der Waals surface area contributed by atoms with Crippen LogP contribution in [0.25, 0.3) is 0 Å². The highest BCUT2D eigenvalue weighted by atomic mass is 19.1. The van der Waals surface area contributed by atoms with Crippen molar-refractivity contribution in [2.45, 2.75) is 6.10 Å². The van der Waals surface area contributed by atoms with Crippen LogP contribution in [0.4, 0.5) is 4.39 Å². The predicted octanol–water partition coefficient (Wildman–Crippen LogP) is 1.59. The summed E-state index contributed by atoms with van der Waals surface area (Å²) < 4.78 is 26.3. The zero-order valence-corrected chi connectivity index (χ0v) is 15.1. The molecule has 1 saturated heterocycles. The molecular weight excluding hydrogens is 337 g/mol. The molecule has 26 heavy (non-hydrogen) atoms. The highest BCUT2D eigenvalue weighted by Crippen LogP contribution is 2.21. The molecule has 3 rings (SSSR count). The second-order valence-corrected chi connectivity index (χ2v) is 6.03. The van der Waals surface area contributed by atoms with E-state index in [1.807, 2.05) is 19.4 Å². The van der Waals surface area contributed by atoms with Gasteiger partial charge in [-0.15, -0.1) is 0 Å². The van der Waals surface area contributed by atoms with Gasteiger partial charge in [0.1, 0.15) is 24.3 Å². The number of benzene rings is 1. The number of nitrogens with zero attached hydrogens (tertiary/aromatic N) is 4. The number of rotatable bonds is 5. The average molecular weight is 361 g/mol. The van der Waals surface area contributed by atoms with Crippen LogP contribution in [0.5, 0.6) is 5.75 Å². The zero-order chi connectivity index (χ0) is 18.4. The summed E-state index contributed by atoms with van der Waals surface area (Å²) in [4.78, 5) is 6.50. The fraction of sp³-hybridized carbons (Fsp3) is 0.444. The smallest absolute Gasteiger partial charge is 0.193 e. The van der Waals surface area contributed by atoms with E-state index >= 15 is 0 Å². The highest BCUT2D eigenvalue weighted by Gasteiger charge is 2.25. The van der Waals surface area contributed by atoms with Crippen LogP contribution in [-0.2, 0) is 11.8 Å². The minimum Gasteiger partial charge on any atom is -0.492 e. The molecule has 140 valence electrons. The normalized spacial score (nSPS) is 18.0. The summed E-state index contributed by atoms with van der Waals surface area (Å²) >= 11 is 0. The molecule has 1 aliphatic heterocycles. The molecule has 0 bridgehead atoms. The van der Waals surface area contributed by atoms with E-state index in [2.05, 4.69) is 20.3 Å². The van der Waals surface area contributed by atoms with E-state index in [4.69, 9.17) is 9.47 Å². The van der Waals surface area contributed by atoms with Gasteiger partial charge in [-0.25, -0.2) is 4.39 Å². The molecule has 1 atom stereocenters. The molecule has 2 aromatic rings. The minimum atomic E-state index is -0.305. The van der Waals surface area contributed by atoms with Crippen molar-refractivity contribution in [3.63, 3.8) is 0 Å². The van der Waals surface area contributed by atoms with Gasteiger partial charge in [-0.05, 0) is 12.1 Å². The van der Waals surface area contributed by atoms with Crippen molar-refractivity contribution in [3.8, 4) is 5.75 Å². The molecule has 8 heteroatoms. The van der Waals surface area contributed by atoms with Crippen molar-refractivity contribution in [3.05, 3.63) is 48.0 Å². The molecular formula is C18H24FN5O2. The lowest BCUT2D eigenvalue weighted by molar-refractivity contribution is -0.00805. The summed E-state index contributed by atoms with van der Waals surface area (Å²) in [7, 11) is 3.65. The number of hydrogen-bond donors (Lipinski definition) is 1. The maximum Gasteiger partial charge on any atom is 0.193 e. The molecule has 1 N–H and O–H groups in total. The Hall–Kier alpha value is -2.61. The molecule has 1 fully saturated rings. The lowest BCUT2D eigenvalue weighted by atomic mass is 10.1. The van der Waals surface area contributed by atoms with Crippen molar-refractivity contribution in [1.29, 1.82) is 0 Å². The summed E-state index contributed by atoms with van der Waals surface area (Å²) in [6, 6.07) is 6.13. The van der Waals surface area contributed by atoms with E-state index in [9.17, 15) is 4.39 Å². The second kappa shape index (κ2) is 8.66. The summed E-state index contributed by atoms with van der Waals surface area (Å²) in [6.07, 6.45) is 3.77. The van der Waals surface area contributed by atoms with Crippen molar-refractivity contribution in [2.75, 3.05) is 39.9 Å². The third kappa shape index (κ3) is 4.72. The molecule has 1 unspecified atom stereocenters. The number of aryl methyl sites for hydroxylation is 1. The van der Waals surface area contributed by atoms with Crippen LogP contribution < -0.4 is 10.1 Å². The van der Waals surface area contributed by atoms with Gasteiger partial charge in [0.25, 0.3) is 0 Å². The fourth-order valence-corrected chi connectivity index (χ4v) is 2.87. The maximum atomic E-state index is 13.1. The Bertz CT molecular complexity index is 749. The summed E-state index contributed by atoms with van der Waals surface area (Å²) in [5.41, 5.74) is 1.06. The van der Waals surface area contributed by atoms with E-state index in [-0.39, 0.29) is 11.9 Å². The Morgan fingerprint density at radius 2 is 2.38 bits per heavy atom. The fourth-order valence-electron chi connectivity index (χ4n) is 2.87. The number of nitrogens with one attached hydrogen (secondary N) is 1. The molecule has 0 aliphatic carbocycles. The Balaban J connectivity index is 1.48. The van der Waals surface area contributed by atoms with Crippen molar-refractivity contribution in [2.24, 2.45) is 12.0 Å². The van der Waals surface area contributed by atoms with Gasteiger partial charge < -0.3 is 19.7 Å². The van der Waals surface area contributed by atoms with Gasteiger partial charge in [0.15, 0.2) is 5.96 Å². The SMILES string of the molecule is CN=C(NCCOc1cccc(F)c1)N1CCOC(c2cnn(C)c2)C1. The van der Waals surface area contributed by atoms with Crippen LogP contribution in [0.15, 0.2) is 41.7 Å². The quantitative estimate of drug-likeness (QED) is 0.498. The van der Waals surface area contributed by atoms with Crippen molar-refractivity contribution < 1.29 is 13.9 Å². The number of aliphatic imine (C=N–C) groups is 1. The minimum absolute atomic E-state index is 0.0282. The number of hydrogen-bond acceptors (Lipinski definition) is 4. The first-order valence-corrected chi connectivity index (χ1v) is 8.60. The Morgan fingerprint density at radius 1 is 1.50 bits per heavy atom. The first-order chi connectivity index (χ1) is 12.7. The van der Waals surface area contributed by atoms with Crippen molar-refractivity contribution in [1.82, 2.24) is 20.0 Å². The maximum absolute atomic E-state index is 13.1. The topological polar surface area (TPSA) is 63.9 Å². The summed E-state index contributed by atoms with van der Waals surface area (Å²) in [5.74, 6) is 1.01. The highest BCUT2D eigenvalue weighted by molar-refractivity contribution is 5.80. The number of ether oxygens (including phenoxy) is 2. The van der Waals surface area contributed by atoms with Crippen LogP contribution in [-0.4, -0.2) is 60.5 Å². The van der Waals surface area contributed by atoms with Gasteiger partial charge in [0, 0.05) is 38.5 Å².